The van der Waals surface area contributed by atoms with Gasteiger partial charge >= 0.3 is 0 Å². The van der Waals surface area contributed by atoms with Gasteiger partial charge in [0.1, 0.15) is 0 Å². The van der Waals surface area contributed by atoms with Crippen molar-refractivity contribution in [3.05, 3.63) is 35.5 Å². The number of aromatic nitrogens is 1. The summed E-state index contributed by atoms with van der Waals surface area (Å²) in [5.74, 6) is 0.838. The predicted octanol–water partition coefficient (Wildman–Crippen LogP) is 3.00. The number of hydrogen-bond acceptors (Lipinski definition) is 3. The largest absolute Gasteiger partial charge is 0.379 e. The highest BCUT2D eigenvalue weighted by Gasteiger charge is 2.15. The third-order valence-electron chi connectivity index (χ3n) is 4.77. The first-order chi connectivity index (χ1) is 12.8. The summed E-state index contributed by atoms with van der Waals surface area (Å²) < 4.78 is 11.1. The Morgan fingerprint density at radius 2 is 2.19 bits per heavy atom. The second-order valence-electron chi connectivity index (χ2n) is 6.70. The second kappa shape index (κ2) is 11.5. The average molecular weight is 486 g/mol. The van der Waals surface area contributed by atoms with Gasteiger partial charge in [0.05, 0.1) is 12.7 Å². The van der Waals surface area contributed by atoms with E-state index >= 15 is 0 Å². The van der Waals surface area contributed by atoms with Crippen LogP contribution in [0.1, 0.15) is 24.0 Å². The summed E-state index contributed by atoms with van der Waals surface area (Å²) in [4.78, 5) is 7.67. The van der Waals surface area contributed by atoms with Crippen LogP contribution in [-0.4, -0.2) is 57.0 Å². The number of guanidine groups is 1. The van der Waals surface area contributed by atoms with E-state index in [-0.39, 0.29) is 30.1 Å². The summed E-state index contributed by atoms with van der Waals surface area (Å²) in [6, 6.07) is 6.43. The highest BCUT2D eigenvalue weighted by Crippen LogP contribution is 2.21. The standard InChI is InChI=1S/C20H30N4O2.HI/c1-15-5-3-6-18-16(13-24-19(15)18)7-10-23-20(21-2)22-9-4-11-26-17-8-12-25-14-17;/h3,5-6,13,17,24H,4,7-12,14H2,1-2H3,(H2,21,22,23);1H. The van der Waals surface area contributed by atoms with E-state index in [0.29, 0.717) is 0 Å². The zero-order valence-corrected chi connectivity index (χ0v) is 18.5. The van der Waals surface area contributed by atoms with E-state index in [0.717, 1.165) is 58.1 Å². The van der Waals surface area contributed by atoms with E-state index in [1.54, 1.807) is 7.05 Å². The highest BCUT2D eigenvalue weighted by molar-refractivity contribution is 14.0. The average Bonchev–Trinajstić information content (AvgIpc) is 3.31. The molecule has 0 bridgehead atoms. The number of aromatic amines is 1. The molecule has 1 aliphatic rings. The smallest absolute Gasteiger partial charge is 0.190 e. The lowest BCUT2D eigenvalue weighted by Gasteiger charge is -2.13. The van der Waals surface area contributed by atoms with Crippen LogP contribution < -0.4 is 10.6 Å². The van der Waals surface area contributed by atoms with Crippen LogP contribution >= 0.6 is 24.0 Å². The molecule has 0 spiro atoms. The Kier molecular flexibility index (Phi) is 9.36. The normalized spacial score (nSPS) is 17.1. The number of nitrogens with zero attached hydrogens (tertiary/aromatic N) is 1. The molecule has 1 aromatic carbocycles. The van der Waals surface area contributed by atoms with Crippen molar-refractivity contribution < 1.29 is 9.47 Å². The maximum absolute atomic E-state index is 5.77. The van der Waals surface area contributed by atoms with Gasteiger partial charge in [0.25, 0.3) is 0 Å². The van der Waals surface area contributed by atoms with Gasteiger partial charge in [0.15, 0.2) is 5.96 Å². The Morgan fingerprint density at radius 1 is 1.33 bits per heavy atom. The van der Waals surface area contributed by atoms with Crippen LogP contribution in [0.4, 0.5) is 0 Å². The first kappa shape index (κ1) is 22.0. The summed E-state index contributed by atoms with van der Waals surface area (Å²) in [6.07, 6.45) is 5.32. The number of aliphatic imine (C=N–C) groups is 1. The van der Waals surface area contributed by atoms with Crippen molar-refractivity contribution in [3.8, 4) is 0 Å². The zero-order chi connectivity index (χ0) is 18.2. The third kappa shape index (κ3) is 6.36. The molecule has 27 heavy (non-hydrogen) atoms. The van der Waals surface area contributed by atoms with Gasteiger partial charge in [-0.2, -0.15) is 0 Å². The summed E-state index contributed by atoms with van der Waals surface area (Å²) in [5.41, 5.74) is 3.85. The van der Waals surface area contributed by atoms with E-state index in [9.17, 15) is 0 Å². The Hall–Kier alpha value is -1.32. The van der Waals surface area contributed by atoms with Gasteiger partial charge in [-0.15, -0.1) is 24.0 Å². The number of nitrogens with one attached hydrogen (secondary N) is 3. The Balaban J connectivity index is 0.00000261. The molecule has 150 valence electrons. The molecular formula is C20H31IN4O2. The van der Waals surface area contributed by atoms with Gasteiger partial charge in [-0.25, -0.2) is 0 Å². The van der Waals surface area contributed by atoms with Crippen molar-refractivity contribution >= 4 is 40.8 Å². The lowest BCUT2D eigenvalue weighted by atomic mass is 10.1. The molecule has 0 aliphatic carbocycles. The predicted molar refractivity (Wildman–Crippen MR) is 121 cm³/mol. The molecular weight excluding hydrogens is 455 g/mol. The van der Waals surface area contributed by atoms with Gasteiger partial charge in [-0.05, 0) is 37.3 Å². The monoisotopic (exact) mass is 486 g/mol. The van der Waals surface area contributed by atoms with E-state index in [1.165, 1.54) is 22.0 Å². The molecule has 1 unspecified atom stereocenters. The van der Waals surface area contributed by atoms with E-state index in [4.69, 9.17) is 9.47 Å². The first-order valence-corrected chi connectivity index (χ1v) is 9.47. The lowest BCUT2D eigenvalue weighted by Crippen LogP contribution is -2.39. The SMILES string of the molecule is CN=C(NCCCOC1CCOC1)NCCc1c[nH]c2c(C)cccc12.I. The quantitative estimate of drug-likeness (QED) is 0.232. The molecule has 0 amide bonds. The van der Waals surface area contributed by atoms with Crippen LogP contribution in [0.5, 0.6) is 0 Å². The summed E-state index contributed by atoms with van der Waals surface area (Å²) in [7, 11) is 1.80. The van der Waals surface area contributed by atoms with Crippen molar-refractivity contribution in [2.75, 3.05) is 40.0 Å². The molecule has 3 rings (SSSR count). The molecule has 7 heteroatoms. The van der Waals surface area contributed by atoms with Gasteiger partial charge in [0, 0.05) is 50.5 Å². The topological polar surface area (TPSA) is 70.7 Å². The fourth-order valence-corrected chi connectivity index (χ4v) is 3.28. The Labute approximate surface area is 178 Å². The first-order valence-electron chi connectivity index (χ1n) is 9.47. The number of hydrogen-bond donors (Lipinski definition) is 3. The number of fused-ring (bicyclic) bond motifs is 1. The fraction of sp³-hybridized carbons (Fsp3) is 0.550. The van der Waals surface area contributed by atoms with Crippen LogP contribution in [0, 0.1) is 6.92 Å². The van der Waals surface area contributed by atoms with Crippen molar-refractivity contribution in [3.63, 3.8) is 0 Å². The molecule has 2 aromatic rings. The number of ether oxygens (including phenoxy) is 2. The number of para-hydroxylation sites is 1. The molecule has 2 heterocycles. The van der Waals surface area contributed by atoms with Gasteiger partial charge in [-0.1, -0.05) is 18.2 Å². The summed E-state index contributed by atoms with van der Waals surface area (Å²) in [5, 5.41) is 8.03. The number of H-pyrrole nitrogens is 1. The molecule has 1 fully saturated rings. The van der Waals surface area contributed by atoms with E-state index in [1.807, 2.05) is 0 Å². The van der Waals surface area contributed by atoms with Gasteiger partial charge < -0.3 is 25.1 Å². The van der Waals surface area contributed by atoms with Gasteiger partial charge in [0.2, 0.25) is 0 Å². The van der Waals surface area contributed by atoms with E-state index < -0.39 is 0 Å². The molecule has 6 nitrogen and oxygen atoms in total. The van der Waals surface area contributed by atoms with Gasteiger partial charge in [-0.3, -0.25) is 4.99 Å². The maximum atomic E-state index is 5.77. The minimum absolute atomic E-state index is 0. The van der Waals surface area contributed by atoms with Crippen LogP contribution in [0.25, 0.3) is 10.9 Å². The van der Waals surface area contributed by atoms with Crippen molar-refractivity contribution in [2.24, 2.45) is 4.99 Å². The molecule has 0 radical (unpaired) electrons. The molecule has 1 aliphatic heterocycles. The van der Waals surface area contributed by atoms with Crippen molar-refractivity contribution in [2.45, 2.75) is 32.3 Å². The molecule has 1 aromatic heterocycles. The van der Waals surface area contributed by atoms with Crippen molar-refractivity contribution in [1.29, 1.82) is 0 Å². The molecule has 3 N–H and O–H groups in total. The lowest BCUT2D eigenvalue weighted by molar-refractivity contribution is 0.0420. The fourth-order valence-electron chi connectivity index (χ4n) is 3.28. The number of halogens is 1. The Morgan fingerprint density at radius 3 is 2.96 bits per heavy atom. The minimum Gasteiger partial charge on any atom is -0.379 e. The second-order valence-corrected chi connectivity index (χ2v) is 6.70. The van der Waals surface area contributed by atoms with Crippen LogP contribution in [0.15, 0.2) is 29.4 Å². The zero-order valence-electron chi connectivity index (χ0n) is 16.2. The number of aryl methyl sites for hydroxylation is 1. The molecule has 1 saturated heterocycles. The van der Waals surface area contributed by atoms with Crippen molar-refractivity contribution in [1.82, 2.24) is 15.6 Å². The minimum atomic E-state index is 0. The number of benzene rings is 1. The summed E-state index contributed by atoms with van der Waals surface area (Å²) >= 11 is 0. The van der Waals surface area contributed by atoms with Crippen LogP contribution in [0.3, 0.4) is 0 Å². The molecule has 0 saturated carbocycles. The van der Waals surface area contributed by atoms with E-state index in [2.05, 4.69) is 51.9 Å². The molecule has 1 atom stereocenters. The third-order valence-corrected chi connectivity index (χ3v) is 4.77. The highest BCUT2D eigenvalue weighted by atomic mass is 127. The number of rotatable bonds is 8. The maximum Gasteiger partial charge on any atom is 0.190 e. The van der Waals surface area contributed by atoms with Crippen LogP contribution in [-0.2, 0) is 15.9 Å². The Bertz CT molecular complexity index is 726. The van der Waals surface area contributed by atoms with Crippen LogP contribution in [0.2, 0.25) is 0 Å². The summed E-state index contributed by atoms with van der Waals surface area (Å²) in [6.45, 7) is 6.15.